The molecule has 0 aliphatic heterocycles. The largest absolute Gasteiger partial charge is 0.496 e. The maximum Gasteiger partial charge on any atom is 0.419 e. The van der Waals surface area contributed by atoms with Gasteiger partial charge >= 0.3 is 6.18 Å². The van der Waals surface area contributed by atoms with E-state index < -0.39 is 39.5 Å². The summed E-state index contributed by atoms with van der Waals surface area (Å²) in [6.45, 7) is 2.86. The lowest BCUT2D eigenvalue weighted by Gasteiger charge is -2.16. The fourth-order valence-electron chi connectivity index (χ4n) is 2.44. The number of carbonyl (C=O) groups excluding carboxylic acids is 1. The highest BCUT2D eigenvalue weighted by Crippen LogP contribution is 2.33. The molecule has 0 fully saturated rings. The molecular weight excluding hydrogens is 416 g/mol. The zero-order chi connectivity index (χ0) is 22.0. The lowest BCUT2D eigenvalue weighted by Crippen LogP contribution is -2.41. The van der Waals surface area contributed by atoms with Gasteiger partial charge in [-0.25, -0.2) is 12.8 Å². The first-order valence-corrected chi connectivity index (χ1v) is 9.68. The van der Waals surface area contributed by atoms with Crippen molar-refractivity contribution in [2.24, 2.45) is 0 Å². The minimum atomic E-state index is -4.94. The van der Waals surface area contributed by atoms with Gasteiger partial charge in [0.05, 0.1) is 23.6 Å². The minimum absolute atomic E-state index is 0.114. The van der Waals surface area contributed by atoms with E-state index in [1.54, 1.807) is 6.92 Å². The summed E-state index contributed by atoms with van der Waals surface area (Å²) in [7, 11) is -2.66. The first-order chi connectivity index (χ1) is 13.3. The zero-order valence-corrected chi connectivity index (χ0v) is 16.4. The monoisotopic (exact) mass is 434 g/mol. The second-order valence-electron chi connectivity index (χ2n) is 6.16. The van der Waals surface area contributed by atoms with Crippen LogP contribution in [0.4, 0.5) is 23.2 Å². The predicted octanol–water partition coefficient (Wildman–Crippen LogP) is 3.47. The number of hydrogen-bond acceptors (Lipinski definition) is 4. The molecule has 6 nitrogen and oxygen atoms in total. The second-order valence-corrected chi connectivity index (χ2v) is 7.87. The number of rotatable bonds is 6. The number of nitrogens with one attached hydrogen (secondary N) is 2. The second kappa shape index (κ2) is 8.37. The van der Waals surface area contributed by atoms with E-state index >= 15 is 0 Å². The van der Waals surface area contributed by atoms with Gasteiger partial charge in [-0.05, 0) is 55.8 Å². The standard InChI is InChI=1S/C18H18F4N2O4S/c1-10-8-13(5-7-16(10)28-3)29(26,27)24-11(2)17(25)23-12-4-6-15(19)14(9-12)18(20,21)22/h4-9,11,24H,1-3H3,(H,23,25). The molecular formula is C18H18F4N2O4S. The van der Waals surface area contributed by atoms with Crippen molar-refractivity contribution in [3.05, 3.63) is 53.3 Å². The van der Waals surface area contributed by atoms with Gasteiger partial charge in [0, 0.05) is 5.69 Å². The summed E-state index contributed by atoms with van der Waals surface area (Å²) in [5.74, 6) is -1.93. The molecule has 29 heavy (non-hydrogen) atoms. The molecule has 11 heteroatoms. The molecule has 0 aliphatic rings. The van der Waals surface area contributed by atoms with Gasteiger partial charge in [-0.1, -0.05) is 0 Å². The summed E-state index contributed by atoms with van der Waals surface area (Å²) < 4.78 is 83.7. The number of benzene rings is 2. The number of carbonyl (C=O) groups is 1. The van der Waals surface area contributed by atoms with Gasteiger partial charge in [0.25, 0.3) is 0 Å². The van der Waals surface area contributed by atoms with Gasteiger partial charge in [-0.15, -0.1) is 0 Å². The summed E-state index contributed by atoms with van der Waals surface area (Å²) in [6, 6.07) is 4.70. The first-order valence-electron chi connectivity index (χ1n) is 8.19. The van der Waals surface area contributed by atoms with Crippen molar-refractivity contribution in [2.75, 3.05) is 12.4 Å². The van der Waals surface area contributed by atoms with E-state index in [1.165, 1.54) is 32.2 Å². The van der Waals surface area contributed by atoms with Crippen LogP contribution in [0.1, 0.15) is 18.1 Å². The van der Waals surface area contributed by atoms with E-state index in [2.05, 4.69) is 10.0 Å². The smallest absolute Gasteiger partial charge is 0.419 e. The minimum Gasteiger partial charge on any atom is -0.496 e. The summed E-state index contributed by atoms with van der Waals surface area (Å²) >= 11 is 0. The molecule has 0 radical (unpaired) electrons. The van der Waals surface area contributed by atoms with Crippen LogP contribution in [0.2, 0.25) is 0 Å². The van der Waals surface area contributed by atoms with Gasteiger partial charge in [0.1, 0.15) is 11.6 Å². The van der Waals surface area contributed by atoms with Crippen LogP contribution in [0.15, 0.2) is 41.3 Å². The third-order valence-corrected chi connectivity index (χ3v) is 5.48. The van der Waals surface area contributed by atoms with Crippen molar-refractivity contribution in [3.63, 3.8) is 0 Å². The number of sulfonamides is 1. The Morgan fingerprint density at radius 3 is 2.34 bits per heavy atom. The van der Waals surface area contributed by atoms with Gasteiger partial charge in [0.15, 0.2) is 0 Å². The Hall–Kier alpha value is -2.66. The van der Waals surface area contributed by atoms with Crippen LogP contribution in [0, 0.1) is 12.7 Å². The van der Waals surface area contributed by atoms with Crippen molar-refractivity contribution >= 4 is 21.6 Å². The topological polar surface area (TPSA) is 84.5 Å². The third-order valence-electron chi connectivity index (χ3n) is 3.94. The Bertz CT molecular complexity index is 1020. The highest BCUT2D eigenvalue weighted by atomic mass is 32.2. The van der Waals surface area contributed by atoms with Crippen molar-refractivity contribution in [1.82, 2.24) is 4.72 Å². The van der Waals surface area contributed by atoms with Crippen LogP contribution in [0.25, 0.3) is 0 Å². The molecule has 2 aromatic carbocycles. The van der Waals surface area contributed by atoms with Crippen LogP contribution in [0.3, 0.4) is 0 Å². The molecule has 0 saturated heterocycles. The van der Waals surface area contributed by atoms with Crippen molar-refractivity contribution in [2.45, 2.75) is 31.0 Å². The molecule has 1 atom stereocenters. The third kappa shape index (κ3) is 5.45. The van der Waals surface area contributed by atoms with Crippen LogP contribution in [0.5, 0.6) is 5.75 Å². The van der Waals surface area contributed by atoms with E-state index in [1.807, 2.05) is 0 Å². The molecule has 0 spiro atoms. The van der Waals surface area contributed by atoms with E-state index in [0.29, 0.717) is 23.4 Å². The molecule has 0 heterocycles. The van der Waals surface area contributed by atoms with Gasteiger partial charge in [-0.3, -0.25) is 4.79 Å². The molecule has 0 aromatic heterocycles. The molecule has 2 N–H and O–H groups in total. The summed E-state index contributed by atoms with van der Waals surface area (Å²) in [5.41, 5.74) is -1.31. The molecule has 0 saturated carbocycles. The van der Waals surface area contributed by atoms with Crippen molar-refractivity contribution in [3.8, 4) is 5.75 Å². The number of ether oxygens (including phenoxy) is 1. The van der Waals surface area contributed by atoms with Crippen molar-refractivity contribution < 1.29 is 35.5 Å². The van der Waals surface area contributed by atoms with E-state index in [9.17, 15) is 30.8 Å². The van der Waals surface area contributed by atoms with E-state index in [4.69, 9.17) is 4.74 Å². The molecule has 0 bridgehead atoms. The highest BCUT2D eigenvalue weighted by Gasteiger charge is 2.34. The molecule has 2 rings (SSSR count). The summed E-state index contributed by atoms with van der Waals surface area (Å²) in [4.78, 5) is 12.1. The van der Waals surface area contributed by atoms with Gasteiger partial charge in [-0.2, -0.15) is 17.9 Å². The Morgan fingerprint density at radius 2 is 1.79 bits per heavy atom. The quantitative estimate of drug-likeness (QED) is 0.682. The molecule has 1 amide bonds. The molecule has 0 aliphatic carbocycles. The molecule has 158 valence electrons. The first kappa shape index (κ1) is 22.6. The number of alkyl halides is 3. The number of aryl methyl sites for hydroxylation is 1. The SMILES string of the molecule is COc1ccc(S(=O)(=O)NC(C)C(=O)Nc2ccc(F)c(C(F)(F)F)c2)cc1C. The predicted molar refractivity (Wildman–Crippen MR) is 97.5 cm³/mol. The van der Waals surface area contributed by atoms with Crippen LogP contribution in [-0.2, 0) is 21.0 Å². The highest BCUT2D eigenvalue weighted by molar-refractivity contribution is 7.89. The lowest BCUT2D eigenvalue weighted by molar-refractivity contribution is -0.140. The normalized spacial score (nSPS) is 13.1. The Morgan fingerprint density at radius 1 is 1.14 bits per heavy atom. The van der Waals surface area contributed by atoms with E-state index in [0.717, 1.165) is 6.07 Å². The number of amides is 1. The number of anilines is 1. The fourth-order valence-corrected chi connectivity index (χ4v) is 3.73. The summed E-state index contributed by atoms with van der Waals surface area (Å²) in [6.07, 6.45) is -4.94. The molecule has 1 unspecified atom stereocenters. The maximum atomic E-state index is 13.3. The number of methoxy groups -OCH3 is 1. The fraction of sp³-hybridized carbons (Fsp3) is 0.278. The van der Waals surface area contributed by atoms with E-state index in [-0.39, 0.29) is 10.6 Å². The van der Waals surface area contributed by atoms with Crippen LogP contribution < -0.4 is 14.8 Å². The van der Waals surface area contributed by atoms with Crippen LogP contribution in [-0.4, -0.2) is 27.5 Å². The Kier molecular flexibility index (Phi) is 6.53. The number of halogens is 4. The zero-order valence-electron chi connectivity index (χ0n) is 15.6. The van der Waals surface area contributed by atoms with Gasteiger partial charge in [0.2, 0.25) is 15.9 Å². The summed E-state index contributed by atoms with van der Waals surface area (Å²) in [5, 5.41) is 2.13. The van der Waals surface area contributed by atoms with Crippen molar-refractivity contribution in [1.29, 1.82) is 0 Å². The Labute approximate surface area is 164 Å². The number of hydrogen-bond donors (Lipinski definition) is 2. The van der Waals surface area contributed by atoms with Gasteiger partial charge < -0.3 is 10.1 Å². The lowest BCUT2D eigenvalue weighted by atomic mass is 10.1. The average Bonchev–Trinajstić information content (AvgIpc) is 2.61. The molecule has 2 aromatic rings. The van der Waals surface area contributed by atoms with Crippen LogP contribution >= 0.6 is 0 Å². The average molecular weight is 434 g/mol. The Balaban J connectivity index is 2.16. The maximum absolute atomic E-state index is 13.3.